The Hall–Kier alpha value is -2.94. The van der Waals surface area contributed by atoms with E-state index in [2.05, 4.69) is 10.0 Å². The largest absolute Gasteiger partial charge is 0.454 e. The number of sulfonamides is 1. The number of likely N-dealkylation sites (tertiary alicyclic amines) is 1. The molecule has 0 saturated carbocycles. The van der Waals surface area contributed by atoms with Crippen LogP contribution in [-0.2, 0) is 10.0 Å². The third kappa shape index (κ3) is 3.99. The summed E-state index contributed by atoms with van der Waals surface area (Å²) in [4.78, 5) is 14.1. The molecule has 148 valence electrons. The molecule has 2 N–H and O–H groups in total. The number of piperidine rings is 1. The molecule has 1 fully saturated rings. The topological polar surface area (TPSA) is 97.0 Å². The van der Waals surface area contributed by atoms with Crippen molar-refractivity contribution < 1.29 is 22.7 Å². The molecule has 0 aromatic heterocycles. The van der Waals surface area contributed by atoms with E-state index in [-0.39, 0.29) is 17.7 Å². The maximum Gasteiger partial charge on any atom is 0.321 e. The first-order chi connectivity index (χ1) is 13.5. The summed E-state index contributed by atoms with van der Waals surface area (Å²) in [5.74, 6) is 1.08. The zero-order valence-electron chi connectivity index (χ0n) is 15.2. The molecule has 2 aromatic carbocycles. The average molecular weight is 403 g/mol. The van der Waals surface area contributed by atoms with Crippen LogP contribution in [-0.4, -0.2) is 39.2 Å². The molecule has 0 spiro atoms. The minimum atomic E-state index is -3.77. The number of amides is 2. The van der Waals surface area contributed by atoms with Crippen molar-refractivity contribution in [2.45, 2.75) is 24.2 Å². The third-order valence-electron chi connectivity index (χ3n) is 4.68. The van der Waals surface area contributed by atoms with Crippen LogP contribution in [0.3, 0.4) is 0 Å². The Balaban J connectivity index is 1.43. The van der Waals surface area contributed by atoms with E-state index < -0.39 is 10.0 Å². The molecule has 0 aliphatic carbocycles. The molecule has 2 heterocycles. The van der Waals surface area contributed by atoms with E-state index in [1.165, 1.54) is 12.1 Å². The minimum absolute atomic E-state index is 0.0983. The lowest BCUT2D eigenvalue weighted by molar-refractivity contribution is 0.174. The number of rotatable bonds is 4. The molecule has 8 nitrogen and oxygen atoms in total. The van der Waals surface area contributed by atoms with E-state index in [4.69, 9.17) is 9.47 Å². The van der Waals surface area contributed by atoms with Crippen LogP contribution in [0.4, 0.5) is 16.2 Å². The SMILES string of the molecule is O=C(Nc1ccc(S(=O)(=O)Nc2ccc3c(c2)OCO3)cc1)N1CCCCC1. The number of fused-ring (bicyclic) bond motifs is 1. The lowest BCUT2D eigenvalue weighted by atomic mass is 10.1. The fourth-order valence-electron chi connectivity index (χ4n) is 3.19. The Kier molecular flexibility index (Phi) is 4.99. The van der Waals surface area contributed by atoms with Crippen LogP contribution in [0.25, 0.3) is 0 Å². The molecule has 4 rings (SSSR count). The maximum atomic E-state index is 12.6. The Morgan fingerprint density at radius 2 is 1.57 bits per heavy atom. The highest BCUT2D eigenvalue weighted by molar-refractivity contribution is 7.92. The van der Waals surface area contributed by atoms with Crippen molar-refractivity contribution in [2.75, 3.05) is 29.9 Å². The highest BCUT2D eigenvalue weighted by Crippen LogP contribution is 2.34. The van der Waals surface area contributed by atoms with Gasteiger partial charge in [0.25, 0.3) is 10.0 Å². The lowest BCUT2D eigenvalue weighted by Gasteiger charge is -2.26. The van der Waals surface area contributed by atoms with Gasteiger partial charge in [-0.2, -0.15) is 0 Å². The fourth-order valence-corrected chi connectivity index (χ4v) is 4.24. The van der Waals surface area contributed by atoms with Gasteiger partial charge in [-0.3, -0.25) is 4.72 Å². The van der Waals surface area contributed by atoms with Gasteiger partial charge in [-0.15, -0.1) is 0 Å². The Morgan fingerprint density at radius 1 is 0.893 bits per heavy atom. The van der Waals surface area contributed by atoms with Crippen molar-refractivity contribution in [3.63, 3.8) is 0 Å². The molecular weight excluding hydrogens is 382 g/mol. The molecule has 2 aromatic rings. The smallest absolute Gasteiger partial charge is 0.321 e. The van der Waals surface area contributed by atoms with Gasteiger partial charge in [0.15, 0.2) is 11.5 Å². The molecule has 9 heteroatoms. The van der Waals surface area contributed by atoms with Crippen LogP contribution in [0.2, 0.25) is 0 Å². The van der Waals surface area contributed by atoms with E-state index in [0.29, 0.717) is 22.9 Å². The van der Waals surface area contributed by atoms with Crippen molar-refractivity contribution >= 4 is 27.4 Å². The van der Waals surface area contributed by atoms with Crippen LogP contribution in [0.15, 0.2) is 47.4 Å². The summed E-state index contributed by atoms with van der Waals surface area (Å²) in [7, 11) is -3.77. The molecule has 1 saturated heterocycles. The van der Waals surface area contributed by atoms with Crippen molar-refractivity contribution in [3.8, 4) is 11.5 Å². The number of ether oxygens (including phenoxy) is 2. The van der Waals surface area contributed by atoms with Crippen molar-refractivity contribution in [2.24, 2.45) is 0 Å². The standard InChI is InChI=1S/C19H21N3O5S/c23-19(22-10-2-1-3-11-22)20-14-4-7-16(8-5-14)28(24,25)21-15-6-9-17-18(12-15)27-13-26-17/h4-9,12,21H,1-3,10-11,13H2,(H,20,23). The van der Waals surface area contributed by atoms with E-state index in [1.807, 2.05) is 0 Å². The molecule has 2 aliphatic rings. The number of hydrogen-bond donors (Lipinski definition) is 2. The number of benzene rings is 2. The zero-order chi connectivity index (χ0) is 19.6. The molecule has 2 amide bonds. The van der Waals surface area contributed by atoms with Gasteiger partial charge in [-0.1, -0.05) is 0 Å². The van der Waals surface area contributed by atoms with Crippen LogP contribution in [0.5, 0.6) is 11.5 Å². The second-order valence-electron chi connectivity index (χ2n) is 6.68. The lowest BCUT2D eigenvalue weighted by Crippen LogP contribution is -2.38. The molecule has 28 heavy (non-hydrogen) atoms. The first-order valence-corrected chi connectivity index (χ1v) is 10.6. The molecule has 0 bridgehead atoms. The number of urea groups is 1. The molecule has 0 radical (unpaired) electrons. The van der Waals surface area contributed by atoms with Crippen LogP contribution >= 0.6 is 0 Å². The maximum absolute atomic E-state index is 12.6. The quantitative estimate of drug-likeness (QED) is 0.817. The number of nitrogens with zero attached hydrogens (tertiary/aromatic N) is 1. The van der Waals surface area contributed by atoms with Gasteiger partial charge < -0.3 is 19.7 Å². The molecule has 0 atom stereocenters. The summed E-state index contributed by atoms with van der Waals surface area (Å²) in [6, 6.07) is 10.8. The summed E-state index contributed by atoms with van der Waals surface area (Å²) in [5, 5.41) is 2.81. The van der Waals surface area contributed by atoms with Crippen LogP contribution in [0.1, 0.15) is 19.3 Å². The first-order valence-electron chi connectivity index (χ1n) is 9.10. The van der Waals surface area contributed by atoms with E-state index in [9.17, 15) is 13.2 Å². The molecular formula is C19H21N3O5S. The van der Waals surface area contributed by atoms with Gasteiger partial charge >= 0.3 is 6.03 Å². The monoisotopic (exact) mass is 403 g/mol. The van der Waals surface area contributed by atoms with Crippen molar-refractivity contribution in [1.82, 2.24) is 4.90 Å². The predicted molar refractivity (Wildman–Crippen MR) is 104 cm³/mol. The number of carbonyl (C=O) groups excluding carboxylic acids is 1. The second kappa shape index (κ2) is 7.59. The van der Waals surface area contributed by atoms with Gasteiger partial charge in [-0.05, 0) is 55.7 Å². The first kappa shape index (κ1) is 18.4. The number of nitrogens with one attached hydrogen (secondary N) is 2. The van der Waals surface area contributed by atoms with Crippen molar-refractivity contribution in [1.29, 1.82) is 0 Å². The van der Waals surface area contributed by atoms with Gasteiger partial charge in [0.05, 0.1) is 10.6 Å². The summed E-state index contributed by atoms with van der Waals surface area (Å²) in [6.45, 7) is 1.62. The van der Waals surface area contributed by atoms with E-state index >= 15 is 0 Å². The Bertz CT molecular complexity index is 970. The Morgan fingerprint density at radius 3 is 2.32 bits per heavy atom. The summed E-state index contributed by atoms with van der Waals surface area (Å²) in [6.07, 6.45) is 3.17. The van der Waals surface area contributed by atoms with Gasteiger partial charge in [0.2, 0.25) is 6.79 Å². The highest BCUT2D eigenvalue weighted by Gasteiger charge is 2.19. The normalized spacial score (nSPS) is 15.9. The predicted octanol–water partition coefficient (Wildman–Crippen LogP) is 3.23. The summed E-state index contributed by atoms with van der Waals surface area (Å²) < 4.78 is 38.2. The van der Waals surface area contributed by atoms with E-state index in [1.54, 1.807) is 35.2 Å². The van der Waals surface area contributed by atoms with Gasteiger partial charge in [0, 0.05) is 24.8 Å². The third-order valence-corrected chi connectivity index (χ3v) is 6.08. The number of carbonyl (C=O) groups is 1. The van der Waals surface area contributed by atoms with Crippen LogP contribution in [0, 0.1) is 0 Å². The van der Waals surface area contributed by atoms with Crippen molar-refractivity contribution in [3.05, 3.63) is 42.5 Å². The summed E-state index contributed by atoms with van der Waals surface area (Å²) >= 11 is 0. The van der Waals surface area contributed by atoms with E-state index in [0.717, 1.165) is 32.4 Å². The van der Waals surface area contributed by atoms with Crippen LogP contribution < -0.4 is 19.5 Å². The number of anilines is 2. The molecule has 0 unspecified atom stereocenters. The second-order valence-corrected chi connectivity index (χ2v) is 8.36. The minimum Gasteiger partial charge on any atom is -0.454 e. The van der Waals surface area contributed by atoms with Gasteiger partial charge in [0.1, 0.15) is 0 Å². The fraction of sp³-hybridized carbons (Fsp3) is 0.316. The van der Waals surface area contributed by atoms with Gasteiger partial charge in [-0.25, -0.2) is 13.2 Å². The molecule has 2 aliphatic heterocycles. The number of hydrogen-bond acceptors (Lipinski definition) is 5. The Labute approximate surface area is 163 Å². The average Bonchev–Trinajstić information content (AvgIpc) is 3.16. The summed E-state index contributed by atoms with van der Waals surface area (Å²) in [5.41, 5.74) is 0.935. The highest BCUT2D eigenvalue weighted by atomic mass is 32.2. The zero-order valence-corrected chi connectivity index (χ0v) is 16.0.